The summed E-state index contributed by atoms with van der Waals surface area (Å²) in [7, 11) is 1.69. The topological polar surface area (TPSA) is 31.4 Å². The van der Waals surface area contributed by atoms with Crippen molar-refractivity contribution in [3.05, 3.63) is 106 Å². The van der Waals surface area contributed by atoms with Gasteiger partial charge in [0.05, 0.1) is 0 Å². The van der Waals surface area contributed by atoms with Gasteiger partial charge in [-0.2, -0.15) is 0 Å². The lowest BCUT2D eigenvalue weighted by Crippen LogP contribution is -2.18. The van der Waals surface area contributed by atoms with Crippen LogP contribution in [0.5, 0.6) is 5.75 Å². The maximum Gasteiger partial charge on any atom is 0.573 e. The van der Waals surface area contributed by atoms with Gasteiger partial charge < -0.3 is 9.47 Å². The van der Waals surface area contributed by atoms with Crippen molar-refractivity contribution in [3.63, 3.8) is 0 Å². The third-order valence-electron chi connectivity index (χ3n) is 6.37. The fourth-order valence-electron chi connectivity index (χ4n) is 4.37. The van der Waals surface area contributed by atoms with Gasteiger partial charge in [-0.05, 0) is 84.4 Å². The van der Waals surface area contributed by atoms with E-state index in [1.54, 1.807) is 19.2 Å². The van der Waals surface area contributed by atoms with Crippen molar-refractivity contribution in [2.24, 2.45) is 0 Å². The van der Waals surface area contributed by atoms with E-state index in [1.807, 2.05) is 30.5 Å². The Labute approximate surface area is 218 Å². The summed E-state index contributed by atoms with van der Waals surface area (Å²) in [5.74, 6) is -2.35. The number of alkyl halides is 3. The standard InChI is InChI=1S/C30H28F5NO2/c1-37-16-2-3-22-6-13-25(36-19-22)12-5-20-7-14-26-24(17-20)11-10-23(29(26)32)9-4-21-8-15-28(27(31)18-21)38-30(33,34)35/h6-8,10-11,13-15,17-19H,2-5,9,12,16H2,1H3. The molecule has 0 N–H and O–H groups in total. The lowest BCUT2D eigenvalue weighted by Gasteiger charge is -2.11. The van der Waals surface area contributed by atoms with Gasteiger partial charge in [-0.15, -0.1) is 13.2 Å². The SMILES string of the molecule is COCCCc1ccc(CCc2ccc3c(F)c(CCc4ccc(OC(F)(F)F)c(F)c4)ccc3c2)nc1. The molecule has 0 saturated carbocycles. The molecule has 1 aromatic heterocycles. The number of benzene rings is 3. The molecule has 0 aliphatic heterocycles. The van der Waals surface area contributed by atoms with E-state index in [4.69, 9.17) is 4.74 Å². The van der Waals surface area contributed by atoms with Crippen LogP contribution in [-0.4, -0.2) is 25.1 Å². The molecule has 0 radical (unpaired) electrons. The number of halogens is 5. The minimum Gasteiger partial charge on any atom is -0.403 e. The van der Waals surface area contributed by atoms with Crippen molar-refractivity contribution in [1.82, 2.24) is 4.98 Å². The second kappa shape index (κ2) is 12.3. The minimum atomic E-state index is -4.97. The van der Waals surface area contributed by atoms with Gasteiger partial charge in [-0.1, -0.05) is 42.5 Å². The number of ether oxygens (including phenoxy) is 2. The summed E-state index contributed by atoms with van der Waals surface area (Å²) in [6, 6.07) is 16.6. The average Bonchev–Trinajstić information content (AvgIpc) is 2.89. The molecule has 38 heavy (non-hydrogen) atoms. The van der Waals surface area contributed by atoms with E-state index in [2.05, 4.69) is 15.8 Å². The third kappa shape index (κ3) is 7.51. The summed E-state index contributed by atoms with van der Waals surface area (Å²) in [4.78, 5) is 4.55. The van der Waals surface area contributed by atoms with Gasteiger partial charge in [0.25, 0.3) is 0 Å². The van der Waals surface area contributed by atoms with Crippen molar-refractivity contribution in [1.29, 1.82) is 0 Å². The van der Waals surface area contributed by atoms with Gasteiger partial charge >= 0.3 is 6.36 Å². The molecule has 3 nitrogen and oxygen atoms in total. The molecule has 1 heterocycles. The molecule has 0 atom stereocenters. The van der Waals surface area contributed by atoms with E-state index in [1.165, 1.54) is 11.6 Å². The minimum absolute atomic E-state index is 0.266. The van der Waals surface area contributed by atoms with Crippen molar-refractivity contribution in [2.75, 3.05) is 13.7 Å². The molecule has 0 bridgehead atoms. The Morgan fingerprint density at radius 1 is 0.763 bits per heavy atom. The van der Waals surface area contributed by atoms with Gasteiger partial charge in [0.15, 0.2) is 11.6 Å². The number of nitrogens with zero attached hydrogens (tertiary/aromatic N) is 1. The van der Waals surface area contributed by atoms with Gasteiger partial charge in [0, 0.05) is 31.0 Å². The quantitative estimate of drug-likeness (QED) is 0.148. The zero-order chi connectivity index (χ0) is 27.1. The molecule has 200 valence electrons. The van der Waals surface area contributed by atoms with E-state index in [0.717, 1.165) is 61.1 Å². The largest absolute Gasteiger partial charge is 0.573 e. The Hall–Kier alpha value is -3.52. The molecule has 0 unspecified atom stereocenters. The highest BCUT2D eigenvalue weighted by Crippen LogP contribution is 2.28. The zero-order valence-corrected chi connectivity index (χ0v) is 21.0. The van der Waals surface area contributed by atoms with Crippen LogP contribution >= 0.6 is 0 Å². The van der Waals surface area contributed by atoms with Crippen LogP contribution in [-0.2, 0) is 36.8 Å². The first-order valence-electron chi connectivity index (χ1n) is 12.4. The molecule has 8 heteroatoms. The van der Waals surface area contributed by atoms with Crippen molar-refractivity contribution in [3.8, 4) is 5.75 Å². The van der Waals surface area contributed by atoms with E-state index in [9.17, 15) is 17.6 Å². The van der Waals surface area contributed by atoms with E-state index in [0.29, 0.717) is 16.5 Å². The maximum absolute atomic E-state index is 15.2. The van der Waals surface area contributed by atoms with Crippen LogP contribution in [0.3, 0.4) is 0 Å². The smallest absolute Gasteiger partial charge is 0.403 e. The summed E-state index contributed by atoms with van der Waals surface area (Å²) in [5, 5.41) is 1.27. The lowest BCUT2D eigenvalue weighted by atomic mass is 9.97. The van der Waals surface area contributed by atoms with E-state index in [-0.39, 0.29) is 18.7 Å². The maximum atomic E-state index is 15.2. The molecule has 4 aromatic rings. The van der Waals surface area contributed by atoms with Crippen molar-refractivity contribution >= 4 is 10.8 Å². The normalized spacial score (nSPS) is 11.7. The fraction of sp³-hybridized carbons (Fsp3) is 0.300. The average molecular weight is 530 g/mol. The monoisotopic (exact) mass is 529 g/mol. The number of aryl methyl sites for hydroxylation is 5. The number of methoxy groups -OCH3 is 1. The molecular weight excluding hydrogens is 501 g/mol. The lowest BCUT2D eigenvalue weighted by molar-refractivity contribution is -0.275. The molecule has 0 amide bonds. The van der Waals surface area contributed by atoms with Gasteiger partial charge in [0.2, 0.25) is 0 Å². The summed E-state index contributed by atoms with van der Waals surface area (Å²) in [5.41, 5.74) is 4.16. The highest BCUT2D eigenvalue weighted by Gasteiger charge is 2.32. The van der Waals surface area contributed by atoms with Gasteiger partial charge in [0.1, 0.15) is 5.82 Å². The first-order valence-corrected chi connectivity index (χ1v) is 12.4. The van der Waals surface area contributed by atoms with Crippen LogP contribution in [0.1, 0.15) is 34.4 Å². The first-order chi connectivity index (χ1) is 18.2. The fourth-order valence-corrected chi connectivity index (χ4v) is 4.37. The van der Waals surface area contributed by atoms with Crippen LogP contribution in [0.15, 0.2) is 66.9 Å². The van der Waals surface area contributed by atoms with Crippen LogP contribution < -0.4 is 4.74 Å². The number of fused-ring (bicyclic) bond motifs is 1. The van der Waals surface area contributed by atoms with Gasteiger partial charge in [-0.3, -0.25) is 4.98 Å². The molecule has 0 aliphatic carbocycles. The highest BCUT2D eigenvalue weighted by molar-refractivity contribution is 5.84. The molecule has 0 fully saturated rings. The Morgan fingerprint density at radius 2 is 1.50 bits per heavy atom. The van der Waals surface area contributed by atoms with Crippen molar-refractivity contribution in [2.45, 2.75) is 44.9 Å². The van der Waals surface area contributed by atoms with E-state index >= 15 is 4.39 Å². The molecule has 0 aliphatic rings. The zero-order valence-electron chi connectivity index (χ0n) is 21.0. The van der Waals surface area contributed by atoms with Crippen molar-refractivity contribution < 1.29 is 31.4 Å². The molecule has 0 spiro atoms. The second-order valence-corrected chi connectivity index (χ2v) is 9.16. The summed E-state index contributed by atoms with van der Waals surface area (Å²) >= 11 is 0. The number of rotatable bonds is 11. The Morgan fingerprint density at radius 3 is 2.21 bits per heavy atom. The number of hydrogen-bond acceptors (Lipinski definition) is 3. The molecule has 4 rings (SSSR count). The second-order valence-electron chi connectivity index (χ2n) is 9.16. The predicted molar refractivity (Wildman–Crippen MR) is 136 cm³/mol. The molecule has 3 aromatic carbocycles. The number of hydrogen-bond donors (Lipinski definition) is 0. The van der Waals surface area contributed by atoms with Crippen LogP contribution in [0, 0.1) is 11.6 Å². The number of aromatic nitrogens is 1. The predicted octanol–water partition coefficient (Wildman–Crippen LogP) is 7.56. The van der Waals surface area contributed by atoms with Crippen LogP contribution in [0.4, 0.5) is 22.0 Å². The number of pyridine rings is 1. The first kappa shape index (κ1) is 27.5. The van der Waals surface area contributed by atoms with Crippen LogP contribution in [0.2, 0.25) is 0 Å². The summed E-state index contributed by atoms with van der Waals surface area (Å²) in [6.07, 6.45) is 0.906. The van der Waals surface area contributed by atoms with Gasteiger partial charge in [-0.25, -0.2) is 8.78 Å². The molecular formula is C30H28F5NO2. The summed E-state index contributed by atoms with van der Waals surface area (Å²) in [6.45, 7) is 0.726. The Bertz CT molecular complexity index is 1370. The summed E-state index contributed by atoms with van der Waals surface area (Å²) < 4.78 is 74.9. The molecule has 0 saturated heterocycles. The third-order valence-corrected chi connectivity index (χ3v) is 6.37. The Balaban J connectivity index is 1.37. The highest BCUT2D eigenvalue weighted by atomic mass is 19.4. The van der Waals surface area contributed by atoms with E-state index < -0.39 is 17.9 Å². The van der Waals surface area contributed by atoms with Crippen LogP contribution in [0.25, 0.3) is 10.8 Å². The Kier molecular flexibility index (Phi) is 8.94.